The minimum Gasteiger partial charge on any atom is -0.310 e. The van der Waals surface area contributed by atoms with Crippen LogP contribution in [0.1, 0.15) is 31.4 Å². The Morgan fingerprint density at radius 3 is 2.35 bits per heavy atom. The van der Waals surface area contributed by atoms with E-state index in [1.165, 1.54) is 5.56 Å². The van der Waals surface area contributed by atoms with E-state index < -0.39 is 0 Å². The van der Waals surface area contributed by atoms with E-state index in [1.54, 1.807) is 0 Å². The van der Waals surface area contributed by atoms with Gasteiger partial charge in [0.25, 0.3) is 0 Å². The topological polar surface area (TPSA) is 15.3 Å². The monoisotopic (exact) mass is 272 g/mol. The molecule has 0 aromatic heterocycles. The first-order valence-corrected chi connectivity index (χ1v) is 7.54. The zero-order valence-corrected chi connectivity index (χ0v) is 12.7. The van der Waals surface area contributed by atoms with Crippen LogP contribution in [0.4, 0.5) is 0 Å². The molecule has 0 heterocycles. The molecule has 1 unspecified atom stereocenters. The Morgan fingerprint density at radius 2 is 1.80 bits per heavy atom. The Labute approximate surface area is 124 Å². The maximum atomic E-state index is 3.83. The van der Waals surface area contributed by atoms with Gasteiger partial charge < -0.3 is 5.32 Å². The summed E-state index contributed by atoms with van der Waals surface area (Å²) in [5.74, 6) is 0. The van der Waals surface area contributed by atoms with Crippen LogP contribution in [0.5, 0.6) is 0 Å². The molecule has 2 nitrogen and oxygen atoms in total. The summed E-state index contributed by atoms with van der Waals surface area (Å²) in [5, 5.41) is 3.65. The molecule has 0 bridgehead atoms. The number of nitrogens with zero attached hydrogens (tertiary/aromatic N) is 1. The van der Waals surface area contributed by atoms with Crippen LogP contribution in [0.2, 0.25) is 0 Å². The van der Waals surface area contributed by atoms with E-state index in [1.807, 2.05) is 12.2 Å². The minimum absolute atomic E-state index is 0.424. The van der Waals surface area contributed by atoms with Crippen LogP contribution >= 0.6 is 0 Å². The quantitative estimate of drug-likeness (QED) is 0.617. The van der Waals surface area contributed by atoms with Gasteiger partial charge in [0.1, 0.15) is 0 Å². The van der Waals surface area contributed by atoms with E-state index in [2.05, 4.69) is 60.6 Å². The Hall–Kier alpha value is -1.38. The summed E-state index contributed by atoms with van der Waals surface area (Å²) >= 11 is 0. The number of rotatable bonds is 11. The van der Waals surface area contributed by atoms with Crippen molar-refractivity contribution in [3.05, 3.63) is 61.2 Å². The van der Waals surface area contributed by atoms with Crippen LogP contribution in [-0.4, -0.2) is 31.1 Å². The number of hydrogen-bond donors (Lipinski definition) is 1. The average molecular weight is 272 g/mol. The Bertz CT molecular complexity index is 362. The summed E-state index contributed by atoms with van der Waals surface area (Å²) in [6.07, 6.45) is 6.18. The highest BCUT2D eigenvalue weighted by atomic mass is 15.1. The van der Waals surface area contributed by atoms with E-state index in [0.29, 0.717) is 6.04 Å². The molecule has 0 aliphatic carbocycles. The predicted molar refractivity (Wildman–Crippen MR) is 88.9 cm³/mol. The lowest BCUT2D eigenvalue weighted by Gasteiger charge is -2.24. The molecular weight excluding hydrogens is 244 g/mol. The molecule has 0 saturated carbocycles. The van der Waals surface area contributed by atoms with Crippen molar-refractivity contribution in [3.63, 3.8) is 0 Å². The van der Waals surface area contributed by atoms with Crippen molar-refractivity contribution in [1.29, 1.82) is 0 Å². The average Bonchev–Trinajstić information content (AvgIpc) is 2.48. The lowest BCUT2D eigenvalue weighted by atomic mass is 10.0. The fourth-order valence-electron chi connectivity index (χ4n) is 2.32. The van der Waals surface area contributed by atoms with Gasteiger partial charge in [-0.3, -0.25) is 4.90 Å². The van der Waals surface area contributed by atoms with Gasteiger partial charge in [0.15, 0.2) is 0 Å². The third-order valence-electron chi connectivity index (χ3n) is 3.35. The molecule has 1 N–H and O–H groups in total. The molecule has 1 aromatic rings. The molecule has 0 spiro atoms. The maximum absolute atomic E-state index is 3.83. The van der Waals surface area contributed by atoms with Gasteiger partial charge in [-0.05, 0) is 24.9 Å². The largest absolute Gasteiger partial charge is 0.310 e. The number of benzene rings is 1. The molecule has 110 valence electrons. The second-order valence-corrected chi connectivity index (χ2v) is 5.04. The zero-order valence-electron chi connectivity index (χ0n) is 12.7. The Morgan fingerprint density at radius 1 is 1.15 bits per heavy atom. The number of hydrogen-bond acceptors (Lipinski definition) is 2. The molecule has 1 atom stereocenters. The summed E-state index contributed by atoms with van der Waals surface area (Å²) in [7, 11) is 0. The van der Waals surface area contributed by atoms with Gasteiger partial charge in [-0.2, -0.15) is 0 Å². The summed E-state index contributed by atoms with van der Waals surface area (Å²) in [4.78, 5) is 2.36. The van der Waals surface area contributed by atoms with Crippen molar-refractivity contribution in [3.8, 4) is 0 Å². The smallest absolute Gasteiger partial charge is 0.0332 e. The Kier molecular flexibility index (Phi) is 8.68. The number of nitrogens with one attached hydrogen (secondary N) is 1. The second kappa shape index (κ2) is 10.4. The predicted octanol–water partition coefficient (Wildman–Crippen LogP) is 3.79. The SMILES string of the molecule is C=CCN(CC=C)CCC(NCCC)c1ccccc1. The van der Waals surface area contributed by atoms with Gasteiger partial charge in [-0.1, -0.05) is 49.4 Å². The first-order valence-electron chi connectivity index (χ1n) is 7.54. The minimum atomic E-state index is 0.424. The van der Waals surface area contributed by atoms with Crippen molar-refractivity contribution in [2.45, 2.75) is 25.8 Å². The molecule has 0 aliphatic heterocycles. The lowest BCUT2D eigenvalue weighted by molar-refractivity contribution is 0.307. The molecule has 0 fully saturated rings. The molecule has 0 amide bonds. The van der Waals surface area contributed by atoms with E-state index in [4.69, 9.17) is 0 Å². The molecule has 2 heteroatoms. The van der Waals surface area contributed by atoms with Gasteiger partial charge in [0.05, 0.1) is 0 Å². The van der Waals surface area contributed by atoms with Crippen LogP contribution in [0.15, 0.2) is 55.6 Å². The zero-order chi connectivity index (χ0) is 14.6. The van der Waals surface area contributed by atoms with Crippen LogP contribution < -0.4 is 5.32 Å². The van der Waals surface area contributed by atoms with Crippen LogP contribution in [0.3, 0.4) is 0 Å². The van der Waals surface area contributed by atoms with Gasteiger partial charge >= 0.3 is 0 Å². The Balaban J connectivity index is 2.59. The maximum Gasteiger partial charge on any atom is 0.0332 e. The van der Waals surface area contributed by atoms with Crippen molar-refractivity contribution in [2.24, 2.45) is 0 Å². The highest BCUT2D eigenvalue weighted by molar-refractivity contribution is 5.18. The molecule has 0 aliphatic rings. The fraction of sp³-hybridized carbons (Fsp3) is 0.444. The van der Waals surface area contributed by atoms with Crippen LogP contribution in [-0.2, 0) is 0 Å². The summed E-state index contributed by atoms with van der Waals surface area (Å²) < 4.78 is 0. The molecule has 20 heavy (non-hydrogen) atoms. The first kappa shape index (κ1) is 16.7. The van der Waals surface area contributed by atoms with Gasteiger partial charge in [-0.25, -0.2) is 0 Å². The molecule has 0 saturated heterocycles. The lowest BCUT2D eigenvalue weighted by Crippen LogP contribution is -2.30. The summed E-state index contributed by atoms with van der Waals surface area (Å²) in [6.45, 7) is 13.8. The normalized spacial score (nSPS) is 12.3. The van der Waals surface area contributed by atoms with Gasteiger partial charge in [0, 0.05) is 25.7 Å². The van der Waals surface area contributed by atoms with Crippen molar-refractivity contribution in [1.82, 2.24) is 10.2 Å². The molecule has 0 radical (unpaired) electrons. The molecule has 1 aromatic carbocycles. The molecular formula is C18H28N2. The third-order valence-corrected chi connectivity index (χ3v) is 3.35. The van der Waals surface area contributed by atoms with E-state index in [9.17, 15) is 0 Å². The highest BCUT2D eigenvalue weighted by Gasteiger charge is 2.11. The fourth-order valence-corrected chi connectivity index (χ4v) is 2.32. The molecule has 1 rings (SSSR count). The summed E-state index contributed by atoms with van der Waals surface area (Å²) in [6, 6.07) is 11.1. The summed E-state index contributed by atoms with van der Waals surface area (Å²) in [5.41, 5.74) is 1.37. The van der Waals surface area contributed by atoms with Gasteiger partial charge in [-0.15, -0.1) is 13.2 Å². The highest BCUT2D eigenvalue weighted by Crippen LogP contribution is 2.17. The van der Waals surface area contributed by atoms with E-state index in [-0.39, 0.29) is 0 Å². The second-order valence-electron chi connectivity index (χ2n) is 5.04. The van der Waals surface area contributed by atoms with Gasteiger partial charge in [0.2, 0.25) is 0 Å². The van der Waals surface area contributed by atoms with Crippen molar-refractivity contribution in [2.75, 3.05) is 26.2 Å². The van der Waals surface area contributed by atoms with Crippen molar-refractivity contribution >= 4 is 0 Å². The van der Waals surface area contributed by atoms with E-state index in [0.717, 1.165) is 39.0 Å². The van der Waals surface area contributed by atoms with Crippen LogP contribution in [0, 0.1) is 0 Å². The van der Waals surface area contributed by atoms with Crippen molar-refractivity contribution < 1.29 is 0 Å². The standard InChI is InChI=1S/C18H28N2/c1-4-13-19-18(17-10-8-7-9-11-17)12-16-20(14-5-2)15-6-3/h5-11,18-19H,2-4,12-16H2,1H3. The third kappa shape index (κ3) is 6.18. The van der Waals surface area contributed by atoms with E-state index >= 15 is 0 Å². The van der Waals surface area contributed by atoms with Crippen LogP contribution in [0.25, 0.3) is 0 Å². The first-order chi connectivity index (χ1) is 9.81.